The number of carboxylic acid groups (broad SMARTS) is 1. The molecule has 0 bridgehead atoms. The van der Waals surface area contributed by atoms with Crippen LogP contribution in [0, 0.1) is 5.95 Å². The number of pyridine rings is 1. The molecule has 0 saturated heterocycles. The van der Waals surface area contributed by atoms with Crippen molar-refractivity contribution in [2.24, 2.45) is 5.73 Å². The fourth-order valence-electron chi connectivity index (χ4n) is 0.964. The molecule has 1 atom stereocenters. The fourth-order valence-corrected chi connectivity index (χ4v) is 0.964. The Kier molecular flexibility index (Phi) is 2.98. The van der Waals surface area contributed by atoms with Crippen molar-refractivity contribution in [3.63, 3.8) is 0 Å². The molecular formula is C8H10FN3O2. The van der Waals surface area contributed by atoms with E-state index in [0.29, 0.717) is 5.56 Å². The first-order chi connectivity index (χ1) is 6.50. The van der Waals surface area contributed by atoms with Crippen LogP contribution >= 0.6 is 0 Å². The summed E-state index contributed by atoms with van der Waals surface area (Å²) in [6.07, 6.45) is 1.29. The molecule has 0 saturated carbocycles. The van der Waals surface area contributed by atoms with Crippen LogP contribution < -0.4 is 11.5 Å². The first-order valence-electron chi connectivity index (χ1n) is 3.89. The number of halogens is 1. The average Bonchev–Trinajstić information content (AvgIpc) is 2.11. The fraction of sp³-hybridized carbons (Fsp3) is 0.250. The second-order valence-electron chi connectivity index (χ2n) is 2.87. The van der Waals surface area contributed by atoms with E-state index in [4.69, 9.17) is 16.6 Å². The van der Waals surface area contributed by atoms with E-state index < -0.39 is 18.0 Å². The topological polar surface area (TPSA) is 102 Å². The predicted octanol–water partition coefficient (Wildman–Crippen LogP) is -0.243. The third kappa shape index (κ3) is 2.40. The number of carboxylic acids is 1. The van der Waals surface area contributed by atoms with Crippen molar-refractivity contribution in [1.29, 1.82) is 0 Å². The third-order valence-electron chi connectivity index (χ3n) is 1.70. The maximum absolute atomic E-state index is 12.6. The largest absolute Gasteiger partial charge is 0.480 e. The Hall–Kier alpha value is -1.69. The van der Waals surface area contributed by atoms with Gasteiger partial charge in [0, 0.05) is 6.20 Å². The lowest BCUT2D eigenvalue weighted by molar-refractivity contribution is -0.138. The van der Waals surface area contributed by atoms with Crippen LogP contribution in [-0.4, -0.2) is 22.1 Å². The van der Waals surface area contributed by atoms with Gasteiger partial charge >= 0.3 is 5.97 Å². The molecule has 5 N–H and O–H groups in total. The van der Waals surface area contributed by atoms with Gasteiger partial charge in [-0.05, 0) is 18.1 Å². The lowest BCUT2D eigenvalue weighted by atomic mass is 10.1. The summed E-state index contributed by atoms with van der Waals surface area (Å²) in [6, 6.07) is 0.298. The van der Waals surface area contributed by atoms with Crippen LogP contribution in [0.3, 0.4) is 0 Å². The smallest absolute Gasteiger partial charge is 0.320 e. The summed E-state index contributed by atoms with van der Waals surface area (Å²) in [5.41, 5.74) is 10.9. The van der Waals surface area contributed by atoms with Crippen molar-refractivity contribution < 1.29 is 14.3 Å². The molecule has 5 nitrogen and oxygen atoms in total. The first kappa shape index (κ1) is 10.4. The zero-order valence-electron chi connectivity index (χ0n) is 7.27. The zero-order chi connectivity index (χ0) is 10.7. The van der Waals surface area contributed by atoms with E-state index >= 15 is 0 Å². The van der Waals surface area contributed by atoms with E-state index in [-0.39, 0.29) is 12.1 Å². The van der Waals surface area contributed by atoms with Crippen molar-refractivity contribution in [2.75, 3.05) is 5.73 Å². The van der Waals surface area contributed by atoms with Gasteiger partial charge in [-0.2, -0.15) is 4.39 Å². The minimum atomic E-state index is -1.12. The zero-order valence-corrected chi connectivity index (χ0v) is 7.27. The highest BCUT2D eigenvalue weighted by Gasteiger charge is 2.13. The van der Waals surface area contributed by atoms with E-state index in [1.165, 1.54) is 12.3 Å². The number of rotatable bonds is 3. The molecule has 0 spiro atoms. The number of nitrogens with two attached hydrogens (primary N) is 2. The Morgan fingerprint density at radius 2 is 2.36 bits per heavy atom. The van der Waals surface area contributed by atoms with Gasteiger partial charge in [0.15, 0.2) is 0 Å². The van der Waals surface area contributed by atoms with Gasteiger partial charge in [0.25, 0.3) is 0 Å². The second-order valence-corrected chi connectivity index (χ2v) is 2.87. The first-order valence-corrected chi connectivity index (χ1v) is 3.89. The Labute approximate surface area is 79.5 Å². The van der Waals surface area contributed by atoms with Crippen molar-refractivity contribution in [1.82, 2.24) is 4.98 Å². The monoisotopic (exact) mass is 199 g/mol. The molecular weight excluding hydrogens is 189 g/mol. The van der Waals surface area contributed by atoms with Crippen LogP contribution in [0.15, 0.2) is 12.3 Å². The number of hydrogen-bond donors (Lipinski definition) is 3. The van der Waals surface area contributed by atoms with Crippen LogP contribution in [-0.2, 0) is 11.2 Å². The quantitative estimate of drug-likeness (QED) is 0.583. The molecule has 1 rings (SSSR count). The number of hydrogen-bond acceptors (Lipinski definition) is 4. The number of carbonyl (C=O) groups is 1. The summed E-state index contributed by atoms with van der Waals surface area (Å²) in [5, 5.41) is 8.52. The highest BCUT2D eigenvalue weighted by molar-refractivity contribution is 5.73. The summed E-state index contributed by atoms with van der Waals surface area (Å²) < 4.78 is 12.6. The predicted molar refractivity (Wildman–Crippen MR) is 47.9 cm³/mol. The van der Waals surface area contributed by atoms with E-state index in [1.807, 2.05) is 0 Å². The summed E-state index contributed by atoms with van der Waals surface area (Å²) in [4.78, 5) is 13.8. The summed E-state index contributed by atoms with van der Waals surface area (Å²) in [7, 11) is 0. The van der Waals surface area contributed by atoms with Gasteiger partial charge in [-0.3, -0.25) is 4.79 Å². The molecule has 76 valence electrons. The third-order valence-corrected chi connectivity index (χ3v) is 1.70. The lowest BCUT2D eigenvalue weighted by Gasteiger charge is -2.06. The van der Waals surface area contributed by atoms with Gasteiger partial charge in [0.05, 0.1) is 5.69 Å². The molecule has 0 radical (unpaired) electrons. The second kappa shape index (κ2) is 4.01. The number of nitrogens with zero attached hydrogens (tertiary/aromatic N) is 1. The number of aromatic nitrogens is 1. The van der Waals surface area contributed by atoms with Crippen molar-refractivity contribution in [2.45, 2.75) is 12.5 Å². The average molecular weight is 199 g/mol. The molecule has 14 heavy (non-hydrogen) atoms. The normalized spacial score (nSPS) is 12.4. The molecule has 0 aliphatic carbocycles. The molecule has 0 aliphatic heterocycles. The van der Waals surface area contributed by atoms with E-state index in [1.54, 1.807) is 0 Å². The number of anilines is 1. The Morgan fingerprint density at radius 3 is 2.86 bits per heavy atom. The minimum Gasteiger partial charge on any atom is -0.480 e. The van der Waals surface area contributed by atoms with Crippen LogP contribution in [0.4, 0.5) is 10.1 Å². The molecule has 0 aromatic carbocycles. The minimum absolute atomic E-state index is 0.0762. The SMILES string of the molecule is Nc1cc(CC(N)C(=O)O)cnc1F. The Morgan fingerprint density at radius 1 is 1.71 bits per heavy atom. The van der Waals surface area contributed by atoms with Gasteiger partial charge in [0.2, 0.25) is 5.95 Å². The molecule has 1 aromatic rings. The number of nitrogen functional groups attached to an aromatic ring is 1. The van der Waals surface area contributed by atoms with Gasteiger partial charge in [-0.1, -0.05) is 0 Å². The van der Waals surface area contributed by atoms with Gasteiger partial charge in [0.1, 0.15) is 6.04 Å². The van der Waals surface area contributed by atoms with Crippen LogP contribution in [0.5, 0.6) is 0 Å². The summed E-state index contributed by atoms with van der Waals surface area (Å²) >= 11 is 0. The maximum Gasteiger partial charge on any atom is 0.320 e. The van der Waals surface area contributed by atoms with Crippen LogP contribution in [0.2, 0.25) is 0 Å². The van der Waals surface area contributed by atoms with Gasteiger partial charge in [-0.25, -0.2) is 4.98 Å². The Bertz CT molecular complexity index is 356. The van der Waals surface area contributed by atoms with Crippen molar-refractivity contribution in [3.8, 4) is 0 Å². The molecule has 0 aliphatic rings. The molecule has 6 heteroatoms. The van der Waals surface area contributed by atoms with E-state index in [9.17, 15) is 9.18 Å². The van der Waals surface area contributed by atoms with Crippen molar-refractivity contribution in [3.05, 3.63) is 23.8 Å². The van der Waals surface area contributed by atoms with Crippen LogP contribution in [0.1, 0.15) is 5.56 Å². The standard InChI is InChI=1S/C8H10FN3O2/c9-7-5(10)1-4(3-12-7)2-6(11)8(13)14/h1,3,6H,2,10-11H2,(H,13,14). The molecule has 1 aromatic heterocycles. The molecule has 0 amide bonds. The van der Waals surface area contributed by atoms with Crippen LogP contribution in [0.25, 0.3) is 0 Å². The highest BCUT2D eigenvalue weighted by atomic mass is 19.1. The van der Waals surface area contributed by atoms with Gasteiger partial charge < -0.3 is 16.6 Å². The summed E-state index contributed by atoms with van der Waals surface area (Å²) in [5.74, 6) is -1.88. The Balaban J connectivity index is 2.78. The molecule has 1 heterocycles. The molecule has 0 fully saturated rings. The van der Waals surface area contributed by atoms with E-state index in [0.717, 1.165) is 0 Å². The number of aliphatic carboxylic acids is 1. The lowest BCUT2D eigenvalue weighted by Crippen LogP contribution is -2.32. The maximum atomic E-state index is 12.6. The summed E-state index contributed by atoms with van der Waals surface area (Å²) in [6.45, 7) is 0. The molecule has 1 unspecified atom stereocenters. The van der Waals surface area contributed by atoms with Gasteiger partial charge in [-0.15, -0.1) is 0 Å². The van der Waals surface area contributed by atoms with E-state index in [2.05, 4.69) is 4.98 Å². The highest BCUT2D eigenvalue weighted by Crippen LogP contribution is 2.10. The van der Waals surface area contributed by atoms with Crippen molar-refractivity contribution >= 4 is 11.7 Å².